The summed E-state index contributed by atoms with van der Waals surface area (Å²) < 4.78 is 6.51. The number of carbonyl (C=O) groups is 1. The van der Waals surface area contributed by atoms with Crippen LogP contribution in [0.25, 0.3) is 10.8 Å². The van der Waals surface area contributed by atoms with E-state index in [9.17, 15) is 4.79 Å². The van der Waals surface area contributed by atoms with Gasteiger partial charge in [0.1, 0.15) is 5.69 Å². The molecule has 2 aromatic carbocycles. The van der Waals surface area contributed by atoms with Crippen molar-refractivity contribution in [1.82, 2.24) is 15.2 Å². The predicted molar refractivity (Wildman–Crippen MR) is 127 cm³/mol. The molecular formula is C27H31N3O2. The molecule has 5 rings (SSSR count). The molecule has 0 saturated carbocycles. The molecule has 5 heteroatoms. The summed E-state index contributed by atoms with van der Waals surface area (Å²) in [5.41, 5.74) is 3.22. The molecule has 0 aliphatic carbocycles. The van der Waals surface area contributed by atoms with E-state index in [0.717, 1.165) is 56.1 Å². The van der Waals surface area contributed by atoms with Crippen LogP contribution in [0.3, 0.4) is 0 Å². The van der Waals surface area contributed by atoms with E-state index in [1.54, 1.807) is 6.20 Å². The van der Waals surface area contributed by atoms with Crippen LogP contribution in [-0.4, -0.2) is 47.1 Å². The smallest absolute Gasteiger partial charge is 0.269 e. The van der Waals surface area contributed by atoms with Crippen LogP contribution in [0.1, 0.15) is 47.3 Å². The molecule has 0 radical (unpaired) electrons. The van der Waals surface area contributed by atoms with Crippen molar-refractivity contribution in [2.24, 2.45) is 0 Å². The lowest BCUT2D eigenvalue weighted by molar-refractivity contribution is -0.0764. The Balaban J connectivity index is 1.11. The van der Waals surface area contributed by atoms with E-state index in [-0.39, 0.29) is 17.6 Å². The maximum atomic E-state index is 12.6. The first-order chi connectivity index (χ1) is 15.6. The van der Waals surface area contributed by atoms with Crippen molar-refractivity contribution in [3.8, 4) is 0 Å². The molecule has 0 bridgehead atoms. The lowest BCUT2D eigenvalue weighted by atomic mass is 9.88. The molecule has 166 valence electrons. The quantitative estimate of drug-likeness (QED) is 0.649. The van der Waals surface area contributed by atoms with Crippen molar-refractivity contribution in [3.05, 3.63) is 77.6 Å². The Hall–Kier alpha value is -2.76. The van der Waals surface area contributed by atoms with E-state index >= 15 is 0 Å². The zero-order valence-corrected chi connectivity index (χ0v) is 18.7. The number of carbonyl (C=O) groups excluding carboxylic acids is 1. The third kappa shape index (κ3) is 4.54. The largest absolute Gasteiger partial charge is 0.370 e. The summed E-state index contributed by atoms with van der Waals surface area (Å²) >= 11 is 0. The van der Waals surface area contributed by atoms with Gasteiger partial charge in [0.2, 0.25) is 0 Å². The second-order valence-electron chi connectivity index (χ2n) is 9.29. The Morgan fingerprint density at radius 3 is 2.66 bits per heavy atom. The van der Waals surface area contributed by atoms with Crippen LogP contribution in [0, 0.1) is 6.92 Å². The second kappa shape index (κ2) is 9.00. The van der Waals surface area contributed by atoms with Crippen LogP contribution in [-0.2, 0) is 11.3 Å². The molecule has 2 saturated heterocycles. The zero-order chi connectivity index (χ0) is 22.0. The van der Waals surface area contributed by atoms with E-state index in [1.807, 2.05) is 30.3 Å². The number of hydrogen-bond donors (Lipinski definition) is 1. The molecule has 3 heterocycles. The van der Waals surface area contributed by atoms with Gasteiger partial charge in [-0.1, -0.05) is 48.5 Å². The highest BCUT2D eigenvalue weighted by Gasteiger charge is 2.42. The summed E-state index contributed by atoms with van der Waals surface area (Å²) in [6.07, 6.45) is 6.06. The number of likely N-dealkylation sites (tertiary alicyclic amines) is 1. The highest BCUT2D eigenvalue weighted by atomic mass is 16.5. The number of fused-ring (bicyclic) bond motifs is 1. The standard InChI is InChI=1S/C27H31N3O2/c1-20-6-2-3-9-23(20)19-30-14-12-27(13-15-30)11-10-24(32-27)18-29-26(31)25-16-21-7-4-5-8-22(21)17-28-25/h2-9,16-17,24H,10-15,18-19H2,1H3,(H,29,31). The van der Waals surface area contributed by atoms with E-state index < -0.39 is 0 Å². The Bertz CT molecular complexity index is 1100. The average Bonchev–Trinajstić information content (AvgIpc) is 3.22. The fraction of sp³-hybridized carbons (Fsp3) is 0.407. The lowest BCUT2D eigenvalue weighted by Gasteiger charge is -2.39. The highest BCUT2D eigenvalue weighted by Crippen LogP contribution is 2.39. The van der Waals surface area contributed by atoms with Crippen molar-refractivity contribution in [2.45, 2.75) is 50.9 Å². The molecule has 2 fully saturated rings. The van der Waals surface area contributed by atoms with Crippen LogP contribution in [0.5, 0.6) is 0 Å². The number of hydrogen-bond acceptors (Lipinski definition) is 4. The molecule has 1 spiro atoms. The van der Waals surface area contributed by atoms with Gasteiger partial charge in [-0.15, -0.1) is 0 Å². The monoisotopic (exact) mass is 429 g/mol. The molecule has 5 nitrogen and oxygen atoms in total. The molecular weight excluding hydrogens is 398 g/mol. The third-order valence-corrected chi connectivity index (χ3v) is 7.11. The van der Waals surface area contributed by atoms with Crippen LogP contribution in [0.2, 0.25) is 0 Å². The second-order valence-corrected chi connectivity index (χ2v) is 9.29. The fourth-order valence-corrected chi connectivity index (χ4v) is 5.06. The molecule has 2 aliphatic heterocycles. The number of pyridine rings is 1. The lowest BCUT2D eigenvalue weighted by Crippen LogP contribution is -2.45. The van der Waals surface area contributed by atoms with Gasteiger partial charge in [-0.25, -0.2) is 0 Å². The number of aryl methyl sites for hydroxylation is 1. The number of aromatic nitrogens is 1. The number of nitrogens with one attached hydrogen (secondary N) is 1. The number of piperidine rings is 1. The number of ether oxygens (including phenoxy) is 1. The zero-order valence-electron chi connectivity index (χ0n) is 18.7. The van der Waals surface area contributed by atoms with Gasteiger partial charge in [-0.2, -0.15) is 0 Å². The molecule has 1 atom stereocenters. The van der Waals surface area contributed by atoms with Crippen molar-refractivity contribution in [3.63, 3.8) is 0 Å². The third-order valence-electron chi connectivity index (χ3n) is 7.11. The maximum absolute atomic E-state index is 12.6. The van der Waals surface area contributed by atoms with E-state index in [4.69, 9.17) is 4.74 Å². The van der Waals surface area contributed by atoms with E-state index in [2.05, 4.69) is 46.4 Å². The minimum atomic E-state index is -0.131. The van der Waals surface area contributed by atoms with E-state index in [0.29, 0.717) is 12.2 Å². The van der Waals surface area contributed by atoms with Crippen molar-refractivity contribution < 1.29 is 9.53 Å². The van der Waals surface area contributed by atoms with Gasteiger partial charge in [0.25, 0.3) is 5.91 Å². The number of benzene rings is 2. The Morgan fingerprint density at radius 2 is 1.84 bits per heavy atom. The van der Waals surface area contributed by atoms with Gasteiger partial charge in [0.15, 0.2) is 0 Å². The first kappa shape index (κ1) is 21.1. The van der Waals surface area contributed by atoms with Gasteiger partial charge in [0, 0.05) is 37.8 Å². The van der Waals surface area contributed by atoms with Gasteiger partial charge < -0.3 is 10.1 Å². The van der Waals surface area contributed by atoms with Gasteiger partial charge in [-0.3, -0.25) is 14.7 Å². The highest BCUT2D eigenvalue weighted by molar-refractivity contribution is 5.96. The van der Waals surface area contributed by atoms with Crippen LogP contribution >= 0.6 is 0 Å². The van der Waals surface area contributed by atoms with Crippen molar-refractivity contribution in [1.29, 1.82) is 0 Å². The fourth-order valence-electron chi connectivity index (χ4n) is 5.06. The van der Waals surface area contributed by atoms with Crippen molar-refractivity contribution >= 4 is 16.7 Å². The molecule has 32 heavy (non-hydrogen) atoms. The number of amides is 1. The first-order valence-electron chi connectivity index (χ1n) is 11.7. The number of rotatable bonds is 5. The SMILES string of the molecule is Cc1ccccc1CN1CCC2(CCC(CNC(=O)c3cc4ccccc4cn3)O2)CC1. The Morgan fingerprint density at radius 1 is 1.09 bits per heavy atom. The molecule has 1 N–H and O–H groups in total. The van der Waals surface area contributed by atoms with Crippen LogP contribution < -0.4 is 5.32 Å². The minimum absolute atomic E-state index is 0.0151. The first-order valence-corrected chi connectivity index (χ1v) is 11.7. The summed E-state index contributed by atoms with van der Waals surface area (Å²) in [7, 11) is 0. The van der Waals surface area contributed by atoms with E-state index in [1.165, 1.54) is 11.1 Å². The van der Waals surface area contributed by atoms with Crippen LogP contribution in [0.15, 0.2) is 60.8 Å². The molecule has 1 unspecified atom stereocenters. The normalized spacial score (nSPS) is 20.6. The summed E-state index contributed by atoms with van der Waals surface area (Å²) in [6, 6.07) is 18.5. The predicted octanol–water partition coefficient (Wildman–Crippen LogP) is 4.49. The minimum Gasteiger partial charge on any atom is -0.370 e. The summed E-state index contributed by atoms with van der Waals surface area (Å²) in [4.78, 5) is 19.5. The molecule has 3 aromatic rings. The summed E-state index contributed by atoms with van der Waals surface area (Å²) in [5, 5.41) is 5.11. The van der Waals surface area contributed by atoms with Gasteiger partial charge in [-0.05, 0) is 55.2 Å². The Labute approximate surface area is 189 Å². The molecule has 2 aliphatic rings. The van der Waals surface area contributed by atoms with Gasteiger partial charge >= 0.3 is 0 Å². The maximum Gasteiger partial charge on any atom is 0.269 e. The topological polar surface area (TPSA) is 54.5 Å². The average molecular weight is 430 g/mol. The van der Waals surface area contributed by atoms with Gasteiger partial charge in [0.05, 0.1) is 11.7 Å². The van der Waals surface area contributed by atoms with Crippen LogP contribution in [0.4, 0.5) is 0 Å². The summed E-state index contributed by atoms with van der Waals surface area (Å²) in [5.74, 6) is -0.131. The number of nitrogens with zero attached hydrogens (tertiary/aromatic N) is 2. The molecule has 1 amide bonds. The summed E-state index contributed by atoms with van der Waals surface area (Å²) in [6.45, 7) is 5.87. The molecule has 1 aromatic heterocycles. The van der Waals surface area contributed by atoms with Crippen molar-refractivity contribution in [2.75, 3.05) is 19.6 Å². The Kier molecular flexibility index (Phi) is 5.94.